The lowest BCUT2D eigenvalue weighted by molar-refractivity contribution is 0.0952. The highest BCUT2D eigenvalue weighted by Gasteiger charge is 2.09. The third-order valence-electron chi connectivity index (χ3n) is 2.27. The number of rotatable bonds is 6. The van der Waals surface area contributed by atoms with Crippen molar-refractivity contribution >= 4 is 45.0 Å². The van der Waals surface area contributed by atoms with Gasteiger partial charge in [-0.3, -0.25) is 4.79 Å². The van der Waals surface area contributed by atoms with Crippen molar-refractivity contribution < 1.29 is 4.79 Å². The van der Waals surface area contributed by atoms with Gasteiger partial charge in [-0.1, -0.05) is 18.0 Å². The predicted molar refractivity (Wildman–Crippen MR) is 76.1 cm³/mol. The van der Waals surface area contributed by atoms with Gasteiger partial charge in [-0.2, -0.15) is 0 Å². The van der Waals surface area contributed by atoms with Crippen molar-refractivity contribution in [2.24, 2.45) is 0 Å². The highest BCUT2D eigenvalue weighted by molar-refractivity contribution is 9.10. The van der Waals surface area contributed by atoms with Gasteiger partial charge in [0.25, 0.3) is 5.91 Å². The lowest BCUT2D eigenvalue weighted by Crippen LogP contribution is -2.24. The summed E-state index contributed by atoms with van der Waals surface area (Å²) in [7, 11) is 0. The summed E-state index contributed by atoms with van der Waals surface area (Å²) in [6.07, 6.45) is 2.97. The fourth-order valence-electron chi connectivity index (χ4n) is 1.37. The zero-order chi connectivity index (χ0) is 12.7. The third-order valence-corrected chi connectivity index (χ3v) is 3.43. The van der Waals surface area contributed by atoms with Gasteiger partial charge in [-0.15, -0.1) is 11.6 Å². The highest BCUT2D eigenvalue weighted by Crippen LogP contribution is 2.21. The summed E-state index contributed by atoms with van der Waals surface area (Å²) in [5.74, 6) is 0.593. The first-order valence-corrected chi connectivity index (χ1v) is 7.15. The van der Waals surface area contributed by atoms with Crippen LogP contribution in [0.2, 0.25) is 5.02 Å². The molecule has 2 nitrogen and oxygen atoms in total. The van der Waals surface area contributed by atoms with E-state index in [1.54, 1.807) is 18.2 Å². The lowest BCUT2D eigenvalue weighted by atomic mass is 10.2. The van der Waals surface area contributed by atoms with E-state index in [2.05, 4.69) is 21.2 Å². The van der Waals surface area contributed by atoms with Crippen LogP contribution in [0.1, 0.15) is 29.6 Å². The summed E-state index contributed by atoms with van der Waals surface area (Å²) in [4.78, 5) is 11.8. The van der Waals surface area contributed by atoms with E-state index in [9.17, 15) is 4.79 Å². The molecule has 0 unspecified atom stereocenters. The van der Waals surface area contributed by atoms with Gasteiger partial charge >= 0.3 is 0 Å². The van der Waals surface area contributed by atoms with Gasteiger partial charge < -0.3 is 5.32 Å². The minimum atomic E-state index is -0.0839. The summed E-state index contributed by atoms with van der Waals surface area (Å²) in [6, 6.07) is 5.12. The number of amides is 1. The first-order chi connectivity index (χ1) is 8.15. The van der Waals surface area contributed by atoms with Crippen LogP contribution < -0.4 is 5.32 Å². The number of hydrogen-bond donors (Lipinski definition) is 1. The number of benzene rings is 1. The van der Waals surface area contributed by atoms with Crippen LogP contribution in [0.15, 0.2) is 22.7 Å². The van der Waals surface area contributed by atoms with Gasteiger partial charge in [0.2, 0.25) is 0 Å². The van der Waals surface area contributed by atoms with Crippen LogP contribution in [0, 0.1) is 0 Å². The number of carbonyl (C=O) groups is 1. The van der Waals surface area contributed by atoms with Gasteiger partial charge in [0.05, 0.1) is 5.56 Å². The molecule has 0 radical (unpaired) electrons. The molecule has 94 valence electrons. The Bertz CT molecular complexity index is 385. The molecule has 1 rings (SSSR count). The number of hydrogen-bond acceptors (Lipinski definition) is 1. The van der Waals surface area contributed by atoms with Crippen LogP contribution in [0.4, 0.5) is 0 Å². The predicted octanol–water partition coefficient (Wildman–Crippen LogP) is 4.24. The van der Waals surface area contributed by atoms with Crippen molar-refractivity contribution in [3.05, 3.63) is 33.3 Å². The van der Waals surface area contributed by atoms with E-state index in [1.807, 2.05) is 0 Å². The van der Waals surface area contributed by atoms with Crippen molar-refractivity contribution in [2.45, 2.75) is 19.3 Å². The Morgan fingerprint density at radius 1 is 1.29 bits per heavy atom. The maximum Gasteiger partial charge on any atom is 0.252 e. The molecule has 0 aliphatic carbocycles. The van der Waals surface area contributed by atoms with E-state index in [4.69, 9.17) is 23.2 Å². The van der Waals surface area contributed by atoms with Gasteiger partial charge in [0.1, 0.15) is 0 Å². The van der Waals surface area contributed by atoms with Crippen LogP contribution in [0.25, 0.3) is 0 Å². The minimum absolute atomic E-state index is 0.0839. The van der Waals surface area contributed by atoms with Crippen LogP contribution in [0.5, 0.6) is 0 Å². The molecule has 1 aromatic carbocycles. The first kappa shape index (κ1) is 14.8. The van der Waals surface area contributed by atoms with Gasteiger partial charge in [0.15, 0.2) is 0 Å². The van der Waals surface area contributed by atoms with E-state index >= 15 is 0 Å². The fraction of sp³-hybridized carbons (Fsp3) is 0.417. The van der Waals surface area contributed by atoms with Crippen LogP contribution in [-0.4, -0.2) is 18.3 Å². The van der Waals surface area contributed by atoms with Gasteiger partial charge in [-0.05, 0) is 47.0 Å². The molecule has 1 amide bonds. The van der Waals surface area contributed by atoms with Crippen LogP contribution in [-0.2, 0) is 0 Å². The molecule has 0 aliphatic rings. The average molecular weight is 339 g/mol. The van der Waals surface area contributed by atoms with Gasteiger partial charge in [-0.25, -0.2) is 0 Å². The van der Waals surface area contributed by atoms with Gasteiger partial charge in [0, 0.05) is 21.9 Å². The van der Waals surface area contributed by atoms with E-state index in [0.29, 0.717) is 27.5 Å². The molecule has 1 aromatic rings. The SMILES string of the molecule is O=C(NCCCCCCl)c1ccc(Cl)cc1Br. The molecule has 0 aromatic heterocycles. The Morgan fingerprint density at radius 3 is 2.71 bits per heavy atom. The largest absolute Gasteiger partial charge is 0.352 e. The van der Waals surface area contributed by atoms with Crippen molar-refractivity contribution in [1.82, 2.24) is 5.32 Å². The number of halogens is 3. The number of unbranched alkanes of at least 4 members (excludes halogenated alkanes) is 2. The molecule has 0 saturated heterocycles. The van der Waals surface area contributed by atoms with Crippen LogP contribution in [0.3, 0.4) is 0 Å². The Labute approximate surface area is 120 Å². The van der Waals surface area contributed by atoms with E-state index in [1.165, 1.54) is 0 Å². The second-order valence-electron chi connectivity index (χ2n) is 3.63. The standard InChI is InChI=1S/C12H14BrCl2NO/c13-11-8-9(15)4-5-10(11)12(17)16-7-3-1-2-6-14/h4-5,8H,1-3,6-7H2,(H,16,17). The molecule has 0 bridgehead atoms. The van der Waals surface area contributed by atoms with Crippen molar-refractivity contribution in [3.63, 3.8) is 0 Å². The number of carbonyl (C=O) groups excluding carboxylic acids is 1. The highest BCUT2D eigenvalue weighted by atomic mass is 79.9. The summed E-state index contributed by atoms with van der Waals surface area (Å²) in [5, 5.41) is 3.47. The van der Waals surface area contributed by atoms with Crippen molar-refractivity contribution in [3.8, 4) is 0 Å². The molecule has 0 heterocycles. The van der Waals surface area contributed by atoms with Crippen molar-refractivity contribution in [2.75, 3.05) is 12.4 Å². The monoisotopic (exact) mass is 337 g/mol. The Hall–Kier alpha value is -0.250. The smallest absolute Gasteiger partial charge is 0.252 e. The summed E-state index contributed by atoms with van der Waals surface area (Å²) in [6.45, 7) is 0.671. The van der Waals surface area contributed by atoms with E-state index in [0.717, 1.165) is 19.3 Å². The number of alkyl halides is 1. The Kier molecular flexibility index (Phi) is 6.93. The van der Waals surface area contributed by atoms with E-state index in [-0.39, 0.29) is 5.91 Å². The molecular weight excluding hydrogens is 325 g/mol. The molecule has 5 heteroatoms. The second-order valence-corrected chi connectivity index (χ2v) is 5.30. The van der Waals surface area contributed by atoms with E-state index < -0.39 is 0 Å². The number of nitrogens with one attached hydrogen (secondary N) is 1. The van der Waals surface area contributed by atoms with Crippen LogP contribution >= 0.6 is 39.1 Å². The maximum absolute atomic E-state index is 11.8. The second kappa shape index (κ2) is 7.96. The summed E-state index contributed by atoms with van der Waals surface area (Å²) < 4.78 is 0.711. The molecule has 1 N–H and O–H groups in total. The quantitative estimate of drug-likeness (QED) is 0.610. The zero-order valence-corrected chi connectivity index (χ0v) is 12.4. The minimum Gasteiger partial charge on any atom is -0.352 e. The third kappa shape index (κ3) is 5.28. The zero-order valence-electron chi connectivity index (χ0n) is 9.31. The molecule has 0 spiro atoms. The van der Waals surface area contributed by atoms with Crippen molar-refractivity contribution in [1.29, 1.82) is 0 Å². The first-order valence-electron chi connectivity index (χ1n) is 5.44. The summed E-state index contributed by atoms with van der Waals surface area (Å²) >= 11 is 14.7. The average Bonchev–Trinajstić information content (AvgIpc) is 2.28. The summed E-state index contributed by atoms with van der Waals surface area (Å²) in [5.41, 5.74) is 0.603. The molecule has 0 aliphatic heterocycles. The lowest BCUT2D eigenvalue weighted by Gasteiger charge is -2.06. The molecule has 17 heavy (non-hydrogen) atoms. The molecule has 0 atom stereocenters. The fourth-order valence-corrected chi connectivity index (χ4v) is 2.42. The molecule has 0 fully saturated rings. The molecular formula is C12H14BrCl2NO. The Balaban J connectivity index is 2.42. The normalized spacial score (nSPS) is 10.3. The molecule has 0 saturated carbocycles. The maximum atomic E-state index is 11.8. The topological polar surface area (TPSA) is 29.1 Å². The Morgan fingerprint density at radius 2 is 2.06 bits per heavy atom.